The Bertz CT molecular complexity index is 272. The molecule has 86 valence electrons. The number of carbonyl (C=O) groups excluding carboxylic acids is 1. The van der Waals surface area contributed by atoms with Crippen molar-refractivity contribution >= 4 is 11.8 Å². The number of hydrazone groups is 1. The summed E-state index contributed by atoms with van der Waals surface area (Å²) in [7, 11) is 1.34. The molecule has 1 saturated carbocycles. The summed E-state index contributed by atoms with van der Waals surface area (Å²) < 4.78 is 4.46. The van der Waals surface area contributed by atoms with Crippen LogP contribution in [-0.2, 0) is 4.74 Å². The molecule has 4 heteroatoms. The van der Waals surface area contributed by atoms with Crippen molar-refractivity contribution in [1.82, 2.24) is 5.43 Å². The zero-order valence-corrected chi connectivity index (χ0v) is 9.96. The van der Waals surface area contributed by atoms with Gasteiger partial charge in [0.05, 0.1) is 7.11 Å². The number of rotatable bonds is 1. The van der Waals surface area contributed by atoms with Gasteiger partial charge in [0, 0.05) is 5.71 Å². The Hall–Kier alpha value is -1.06. The Kier molecular flexibility index (Phi) is 3.72. The van der Waals surface area contributed by atoms with Crippen LogP contribution < -0.4 is 5.43 Å². The van der Waals surface area contributed by atoms with E-state index in [4.69, 9.17) is 0 Å². The number of ether oxygens (including phenoxy) is 1. The van der Waals surface area contributed by atoms with Crippen molar-refractivity contribution in [1.29, 1.82) is 0 Å². The largest absolute Gasteiger partial charge is 0.452 e. The van der Waals surface area contributed by atoms with Gasteiger partial charge in [-0.25, -0.2) is 10.2 Å². The smallest absolute Gasteiger partial charge is 0.427 e. The van der Waals surface area contributed by atoms with Crippen LogP contribution in [0.25, 0.3) is 0 Å². The zero-order chi connectivity index (χ0) is 11.5. The molecule has 1 aliphatic carbocycles. The van der Waals surface area contributed by atoms with Crippen LogP contribution in [0.4, 0.5) is 4.79 Å². The summed E-state index contributed by atoms with van der Waals surface area (Å²) in [6.45, 7) is 6.68. The molecule has 0 saturated heterocycles. The molecule has 4 nitrogen and oxygen atoms in total. The van der Waals surface area contributed by atoms with Crippen molar-refractivity contribution < 1.29 is 9.53 Å². The fourth-order valence-electron chi connectivity index (χ4n) is 2.37. The predicted octanol–water partition coefficient (Wildman–Crippen LogP) is 2.54. The first kappa shape index (κ1) is 12.0. The van der Waals surface area contributed by atoms with Gasteiger partial charge in [-0.05, 0) is 30.6 Å². The molecule has 1 rings (SSSR count). The van der Waals surface area contributed by atoms with E-state index in [1.54, 1.807) is 0 Å². The van der Waals surface area contributed by atoms with Gasteiger partial charge in [0.15, 0.2) is 0 Å². The first-order valence-corrected chi connectivity index (χ1v) is 5.32. The molecule has 0 aromatic rings. The minimum Gasteiger partial charge on any atom is -0.452 e. The van der Waals surface area contributed by atoms with Gasteiger partial charge in [-0.15, -0.1) is 0 Å². The van der Waals surface area contributed by atoms with Crippen LogP contribution in [0.2, 0.25) is 0 Å². The van der Waals surface area contributed by atoms with Gasteiger partial charge in [0.2, 0.25) is 0 Å². The molecule has 0 heterocycles. The summed E-state index contributed by atoms with van der Waals surface area (Å²) in [4.78, 5) is 10.9. The maximum atomic E-state index is 10.9. The summed E-state index contributed by atoms with van der Waals surface area (Å²) in [6.07, 6.45) is 2.62. The molecule has 0 aromatic carbocycles. The van der Waals surface area contributed by atoms with Crippen LogP contribution in [0.15, 0.2) is 5.10 Å². The number of amides is 1. The van der Waals surface area contributed by atoms with Gasteiger partial charge in [0.25, 0.3) is 0 Å². The molecule has 0 radical (unpaired) electrons. The quantitative estimate of drug-likeness (QED) is 0.679. The number of hydrogen-bond acceptors (Lipinski definition) is 3. The molecule has 1 N–H and O–H groups in total. The third-order valence-corrected chi connectivity index (χ3v) is 2.66. The maximum absolute atomic E-state index is 10.9. The summed E-state index contributed by atoms with van der Waals surface area (Å²) in [5.74, 6) is 0.631. The van der Waals surface area contributed by atoms with Crippen LogP contribution >= 0.6 is 0 Å². The van der Waals surface area contributed by atoms with E-state index < -0.39 is 6.09 Å². The normalized spacial score (nSPS) is 27.5. The second-order valence-electron chi connectivity index (χ2n) is 5.14. The molecule has 1 fully saturated rings. The number of methoxy groups -OCH3 is 1. The van der Waals surface area contributed by atoms with Crippen molar-refractivity contribution in [3.63, 3.8) is 0 Å². The van der Waals surface area contributed by atoms with Crippen molar-refractivity contribution in [2.75, 3.05) is 7.11 Å². The number of nitrogens with zero attached hydrogens (tertiary/aromatic N) is 1. The van der Waals surface area contributed by atoms with E-state index in [0.29, 0.717) is 5.92 Å². The van der Waals surface area contributed by atoms with Crippen LogP contribution in [0.5, 0.6) is 0 Å². The maximum Gasteiger partial charge on any atom is 0.427 e. The third kappa shape index (κ3) is 3.90. The van der Waals surface area contributed by atoms with E-state index in [2.05, 4.69) is 36.0 Å². The van der Waals surface area contributed by atoms with Crippen molar-refractivity contribution in [3.05, 3.63) is 0 Å². The Morgan fingerprint density at radius 1 is 1.60 bits per heavy atom. The van der Waals surface area contributed by atoms with Gasteiger partial charge >= 0.3 is 6.09 Å². The van der Waals surface area contributed by atoms with Crippen LogP contribution in [0.1, 0.15) is 40.0 Å². The van der Waals surface area contributed by atoms with Crippen molar-refractivity contribution in [2.45, 2.75) is 40.0 Å². The number of carbonyl (C=O) groups is 1. The van der Waals surface area contributed by atoms with E-state index in [1.807, 2.05) is 0 Å². The average Bonchev–Trinajstić information content (AvgIpc) is 2.11. The van der Waals surface area contributed by atoms with Gasteiger partial charge in [-0.3, -0.25) is 0 Å². The monoisotopic (exact) mass is 212 g/mol. The average molecular weight is 212 g/mol. The highest BCUT2D eigenvalue weighted by molar-refractivity contribution is 5.86. The SMILES string of the molecule is COC(=O)NN=C1C[C@H](C)CC(C)(C)C1. The second kappa shape index (κ2) is 4.64. The van der Waals surface area contributed by atoms with E-state index in [0.717, 1.165) is 18.6 Å². The lowest BCUT2D eigenvalue weighted by Crippen LogP contribution is -2.30. The predicted molar refractivity (Wildman–Crippen MR) is 59.8 cm³/mol. The lowest BCUT2D eigenvalue weighted by molar-refractivity contribution is 0.171. The molecule has 15 heavy (non-hydrogen) atoms. The lowest BCUT2D eigenvalue weighted by atomic mass is 9.72. The first-order chi connectivity index (χ1) is 6.93. The van der Waals surface area contributed by atoms with Gasteiger partial charge in [-0.1, -0.05) is 20.8 Å². The molecule has 0 unspecified atom stereocenters. The van der Waals surface area contributed by atoms with E-state index in [-0.39, 0.29) is 5.41 Å². The van der Waals surface area contributed by atoms with Crippen LogP contribution in [0, 0.1) is 11.3 Å². The summed E-state index contributed by atoms with van der Waals surface area (Å²) in [5, 5.41) is 4.09. The summed E-state index contributed by atoms with van der Waals surface area (Å²) in [6, 6.07) is 0. The van der Waals surface area contributed by atoms with E-state index in [9.17, 15) is 4.79 Å². The second-order valence-corrected chi connectivity index (χ2v) is 5.14. The number of hydrogen-bond donors (Lipinski definition) is 1. The van der Waals surface area contributed by atoms with Crippen molar-refractivity contribution in [3.8, 4) is 0 Å². The van der Waals surface area contributed by atoms with E-state index in [1.165, 1.54) is 13.5 Å². The molecule has 0 spiro atoms. The Balaban J connectivity index is 2.58. The first-order valence-electron chi connectivity index (χ1n) is 5.32. The fourth-order valence-corrected chi connectivity index (χ4v) is 2.37. The molecule has 0 bridgehead atoms. The molecule has 1 amide bonds. The topological polar surface area (TPSA) is 50.7 Å². The molecule has 1 aliphatic rings. The molecule has 0 aliphatic heterocycles. The molecule has 0 aromatic heterocycles. The minimum absolute atomic E-state index is 0.286. The Morgan fingerprint density at radius 3 is 2.80 bits per heavy atom. The highest BCUT2D eigenvalue weighted by Crippen LogP contribution is 2.36. The summed E-state index contributed by atoms with van der Waals surface area (Å²) >= 11 is 0. The van der Waals surface area contributed by atoms with Crippen LogP contribution in [0.3, 0.4) is 0 Å². The summed E-state index contributed by atoms with van der Waals surface area (Å²) in [5.41, 5.74) is 3.73. The highest BCUT2D eigenvalue weighted by Gasteiger charge is 2.29. The zero-order valence-electron chi connectivity index (χ0n) is 9.96. The molecular formula is C11H20N2O2. The van der Waals surface area contributed by atoms with Crippen molar-refractivity contribution in [2.24, 2.45) is 16.4 Å². The molecular weight excluding hydrogens is 192 g/mol. The minimum atomic E-state index is -0.501. The number of nitrogens with one attached hydrogen (secondary N) is 1. The van der Waals surface area contributed by atoms with Gasteiger partial charge in [-0.2, -0.15) is 5.10 Å². The van der Waals surface area contributed by atoms with Crippen LogP contribution in [-0.4, -0.2) is 18.9 Å². The van der Waals surface area contributed by atoms with Gasteiger partial charge in [0.1, 0.15) is 0 Å². The third-order valence-electron chi connectivity index (χ3n) is 2.66. The Morgan fingerprint density at radius 2 is 2.27 bits per heavy atom. The lowest BCUT2D eigenvalue weighted by Gasteiger charge is -2.34. The molecule has 1 atom stereocenters. The van der Waals surface area contributed by atoms with E-state index >= 15 is 0 Å². The fraction of sp³-hybridized carbons (Fsp3) is 0.818. The van der Waals surface area contributed by atoms with Gasteiger partial charge < -0.3 is 4.74 Å². The standard InChI is InChI=1S/C11H20N2O2/c1-8-5-9(7-11(2,3)6-8)12-13-10(14)15-4/h8H,5-7H2,1-4H3,(H,13,14)/t8-/m0/s1. The Labute approximate surface area is 91.1 Å². The highest BCUT2D eigenvalue weighted by atomic mass is 16.5.